The minimum Gasteiger partial charge on any atom is -0.481 e. The van der Waals surface area contributed by atoms with Gasteiger partial charge in [-0.2, -0.15) is 0 Å². The van der Waals surface area contributed by atoms with E-state index in [4.69, 9.17) is 19.3 Å². The fourth-order valence-electron chi connectivity index (χ4n) is 3.64. The Labute approximate surface area is 200 Å². The number of hydrogen-bond donors (Lipinski definition) is 6. The van der Waals surface area contributed by atoms with Crippen LogP contribution in [0.25, 0.3) is 0 Å². The molecule has 0 unspecified atom stereocenters. The van der Waals surface area contributed by atoms with E-state index in [0.717, 1.165) is 0 Å². The van der Waals surface area contributed by atoms with Crippen molar-refractivity contribution in [3.8, 4) is 5.75 Å². The molecule has 2 aromatic carbocycles. The molecule has 0 bridgehead atoms. The predicted molar refractivity (Wildman–Crippen MR) is 118 cm³/mol. The first-order valence-corrected chi connectivity index (χ1v) is 10.8. The molecule has 0 amide bonds. The van der Waals surface area contributed by atoms with Crippen LogP contribution in [0, 0.1) is 0 Å². The van der Waals surface area contributed by atoms with Gasteiger partial charge in [-0.15, -0.1) is 0 Å². The number of ether oxygens (including phenoxy) is 3. The summed E-state index contributed by atoms with van der Waals surface area (Å²) < 4.78 is 16.0. The SMILES string of the molecule is O=C(O)C[C@@](O)(Cc1ccccc1)C(=O)OCc1ccc(O[C@@H]2O[C@H](CO)[C@@H](O)[C@H](O)[C@H]2O)cc1. The third-order valence-electron chi connectivity index (χ3n) is 5.56. The molecule has 0 aromatic heterocycles. The number of rotatable bonds is 10. The number of benzene rings is 2. The van der Waals surface area contributed by atoms with Gasteiger partial charge in [-0.3, -0.25) is 4.79 Å². The Morgan fingerprint density at radius 1 is 0.914 bits per heavy atom. The number of aliphatic hydroxyl groups is 5. The van der Waals surface area contributed by atoms with Gasteiger partial charge in [0.05, 0.1) is 13.0 Å². The number of carbonyl (C=O) groups is 2. The highest BCUT2D eigenvalue weighted by Crippen LogP contribution is 2.25. The van der Waals surface area contributed by atoms with E-state index in [1.807, 2.05) is 0 Å². The summed E-state index contributed by atoms with van der Waals surface area (Å²) in [6, 6.07) is 14.5. The quantitative estimate of drug-likeness (QED) is 0.232. The highest BCUT2D eigenvalue weighted by molar-refractivity contribution is 5.85. The largest absolute Gasteiger partial charge is 0.481 e. The zero-order valence-electron chi connectivity index (χ0n) is 18.6. The second-order valence-corrected chi connectivity index (χ2v) is 8.30. The zero-order chi connectivity index (χ0) is 25.6. The lowest BCUT2D eigenvalue weighted by Gasteiger charge is -2.39. The molecule has 1 heterocycles. The lowest BCUT2D eigenvalue weighted by Crippen LogP contribution is -2.60. The van der Waals surface area contributed by atoms with Crippen LogP contribution >= 0.6 is 0 Å². The van der Waals surface area contributed by atoms with Crippen molar-refractivity contribution in [2.24, 2.45) is 0 Å². The van der Waals surface area contributed by atoms with Crippen molar-refractivity contribution in [2.45, 2.75) is 55.8 Å². The third kappa shape index (κ3) is 6.75. The summed E-state index contributed by atoms with van der Waals surface area (Å²) in [4.78, 5) is 23.8. The molecule has 11 nitrogen and oxygen atoms in total. The first-order valence-electron chi connectivity index (χ1n) is 10.8. The van der Waals surface area contributed by atoms with Crippen molar-refractivity contribution < 1.29 is 54.4 Å². The molecular weight excluding hydrogens is 464 g/mol. The molecule has 3 rings (SSSR count). The molecule has 6 atom stereocenters. The molecule has 0 spiro atoms. The topological polar surface area (TPSA) is 183 Å². The van der Waals surface area contributed by atoms with Crippen molar-refractivity contribution in [3.63, 3.8) is 0 Å². The number of hydrogen-bond acceptors (Lipinski definition) is 10. The van der Waals surface area contributed by atoms with Crippen molar-refractivity contribution in [2.75, 3.05) is 6.61 Å². The number of aliphatic hydroxyl groups excluding tert-OH is 4. The van der Waals surface area contributed by atoms with Crippen LogP contribution in [0.5, 0.6) is 5.75 Å². The van der Waals surface area contributed by atoms with E-state index >= 15 is 0 Å². The van der Waals surface area contributed by atoms with E-state index in [-0.39, 0.29) is 18.8 Å². The fourth-order valence-corrected chi connectivity index (χ4v) is 3.64. The standard InChI is InChI=1S/C24H28O11/c25-12-17-19(28)20(29)21(30)22(35-17)34-16-8-6-15(7-9-16)13-33-23(31)24(32,11-18(26)27)10-14-4-2-1-3-5-14/h1-9,17,19-22,25,28-30,32H,10-13H2,(H,26,27)/t17-,19-,20+,21-,22-,24+/m1/s1. The van der Waals surface area contributed by atoms with Crippen molar-refractivity contribution in [1.29, 1.82) is 0 Å². The average Bonchev–Trinajstić information content (AvgIpc) is 2.83. The van der Waals surface area contributed by atoms with E-state index in [0.29, 0.717) is 11.1 Å². The summed E-state index contributed by atoms with van der Waals surface area (Å²) in [6.07, 6.45) is -8.17. The second-order valence-electron chi connectivity index (χ2n) is 8.30. The molecule has 1 fully saturated rings. The highest BCUT2D eigenvalue weighted by Gasteiger charge is 2.44. The maximum absolute atomic E-state index is 12.6. The van der Waals surface area contributed by atoms with Crippen LogP contribution < -0.4 is 4.74 Å². The normalized spacial score (nSPS) is 25.9. The van der Waals surface area contributed by atoms with Crippen LogP contribution in [0.15, 0.2) is 54.6 Å². The third-order valence-corrected chi connectivity index (χ3v) is 5.56. The second kappa shape index (κ2) is 11.6. The van der Waals surface area contributed by atoms with Gasteiger partial charge in [0.2, 0.25) is 6.29 Å². The Morgan fingerprint density at radius 2 is 1.57 bits per heavy atom. The Morgan fingerprint density at radius 3 is 2.17 bits per heavy atom. The number of aliphatic carboxylic acids is 1. The van der Waals surface area contributed by atoms with E-state index in [9.17, 15) is 35.1 Å². The molecule has 6 N–H and O–H groups in total. The minimum atomic E-state index is -2.25. The fraction of sp³-hybridized carbons (Fsp3) is 0.417. The molecule has 35 heavy (non-hydrogen) atoms. The van der Waals surface area contributed by atoms with Crippen molar-refractivity contribution in [3.05, 3.63) is 65.7 Å². The predicted octanol–water partition coefficient (Wildman–Crippen LogP) is -0.643. The summed E-state index contributed by atoms with van der Waals surface area (Å²) in [5.74, 6) is -2.21. The average molecular weight is 492 g/mol. The maximum Gasteiger partial charge on any atom is 0.339 e. The van der Waals surface area contributed by atoms with Crippen molar-refractivity contribution in [1.82, 2.24) is 0 Å². The summed E-state index contributed by atoms with van der Waals surface area (Å²) in [5, 5.41) is 58.9. The molecule has 1 aliphatic rings. The molecule has 0 saturated carbocycles. The Balaban J connectivity index is 1.60. The van der Waals surface area contributed by atoms with E-state index < -0.39 is 61.3 Å². The van der Waals surface area contributed by atoms with E-state index in [2.05, 4.69) is 0 Å². The van der Waals surface area contributed by atoms with Gasteiger partial charge < -0.3 is 44.8 Å². The van der Waals surface area contributed by atoms with Crippen LogP contribution in [0.4, 0.5) is 0 Å². The van der Waals surface area contributed by atoms with Crippen LogP contribution in [0.2, 0.25) is 0 Å². The molecule has 1 aliphatic heterocycles. The Bertz CT molecular complexity index is 979. The zero-order valence-corrected chi connectivity index (χ0v) is 18.6. The highest BCUT2D eigenvalue weighted by atomic mass is 16.7. The molecular formula is C24H28O11. The summed E-state index contributed by atoms with van der Waals surface area (Å²) in [5.41, 5.74) is -1.18. The van der Waals surface area contributed by atoms with E-state index in [1.54, 1.807) is 30.3 Å². The lowest BCUT2D eigenvalue weighted by atomic mass is 9.91. The van der Waals surface area contributed by atoms with Gasteiger partial charge in [-0.25, -0.2) is 4.79 Å². The van der Waals surface area contributed by atoms with Crippen LogP contribution in [0.1, 0.15) is 17.5 Å². The Kier molecular flexibility index (Phi) is 8.78. The van der Waals surface area contributed by atoms with Crippen molar-refractivity contribution >= 4 is 11.9 Å². The van der Waals surface area contributed by atoms with Gasteiger partial charge in [-0.05, 0) is 23.3 Å². The Hall–Kier alpha value is -3.06. The summed E-state index contributed by atoms with van der Waals surface area (Å²) >= 11 is 0. The maximum atomic E-state index is 12.6. The van der Waals surface area contributed by atoms with Crippen LogP contribution in [0.3, 0.4) is 0 Å². The number of esters is 1. The van der Waals surface area contributed by atoms with Gasteiger partial charge in [0.25, 0.3) is 0 Å². The van der Waals surface area contributed by atoms with Gasteiger partial charge in [-0.1, -0.05) is 42.5 Å². The number of carboxylic acid groups (broad SMARTS) is 1. The molecule has 0 radical (unpaired) electrons. The first-order chi connectivity index (χ1) is 16.6. The van der Waals surface area contributed by atoms with Crippen LogP contribution in [-0.4, -0.2) is 85.5 Å². The van der Waals surface area contributed by atoms with Gasteiger partial charge in [0.15, 0.2) is 5.60 Å². The van der Waals surface area contributed by atoms with Crippen LogP contribution in [-0.2, 0) is 32.1 Å². The minimum absolute atomic E-state index is 0.218. The molecule has 11 heteroatoms. The monoisotopic (exact) mass is 492 g/mol. The molecule has 2 aromatic rings. The van der Waals surface area contributed by atoms with Gasteiger partial charge in [0.1, 0.15) is 36.8 Å². The molecule has 190 valence electrons. The van der Waals surface area contributed by atoms with E-state index in [1.165, 1.54) is 24.3 Å². The summed E-state index contributed by atoms with van der Waals surface area (Å²) in [6.45, 7) is -0.844. The first kappa shape index (κ1) is 26.5. The summed E-state index contributed by atoms with van der Waals surface area (Å²) in [7, 11) is 0. The van der Waals surface area contributed by atoms with Gasteiger partial charge >= 0.3 is 11.9 Å². The molecule has 1 saturated heterocycles. The number of carbonyl (C=O) groups excluding carboxylic acids is 1. The molecule has 0 aliphatic carbocycles. The smallest absolute Gasteiger partial charge is 0.339 e. The van der Waals surface area contributed by atoms with Gasteiger partial charge in [0, 0.05) is 6.42 Å². The lowest BCUT2D eigenvalue weighted by molar-refractivity contribution is -0.277. The number of carboxylic acids is 1.